The summed E-state index contributed by atoms with van der Waals surface area (Å²) in [5.74, 6) is -1.27. The highest BCUT2D eigenvalue weighted by molar-refractivity contribution is 7.92. The highest BCUT2D eigenvalue weighted by Crippen LogP contribution is 2.28. The van der Waals surface area contributed by atoms with Crippen molar-refractivity contribution in [2.45, 2.75) is 0 Å². The van der Waals surface area contributed by atoms with Crippen LogP contribution in [0.2, 0.25) is 0 Å². The number of aromatic hydroxyl groups is 1. The van der Waals surface area contributed by atoms with Gasteiger partial charge in [0.25, 0.3) is 5.69 Å². The molecule has 0 saturated carbocycles. The number of phenols is 1. The van der Waals surface area contributed by atoms with Crippen molar-refractivity contribution in [1.82, 2.24) is 0 Å². The Labute approximate surface area is 96.3 Å². The van der Waals surface area contributed by atoms with Gasteiger partial charge in [0.2, 0.25) is 10.0 Å². The minimum Gasteiger partial charge on any atom is -0.506 e. The van der Waals surface area contributed by atoms with Gasteiger partial charge in [-0.2, -0.15) is 5.26 Å². The first-order chi connectivity index (χ1) is 7.85. The van der Waals surface area contributed by atoms with Gasteiger partial charge in [-0.15, -0.1) is 0 Å². The first-order valence-electron chi connectivity index (χ1n) is 4.20. The number of hydrogen-bond acceptors (Lipinski definition) is 6. The lowest BCUT2D eigenvalue weighted by Gasteiger charge is -2.06. The Kier molecular flexibility index (Phi) is 3.49. The van der Waals surface area contributed by atoms with Gasteiger partial charge in [-0.3, -0.25) is 14.8 Å². The van der Waals surface area contributed by atoms with Gasteiger partial charge >= 0.3 is 0 Å². The Balaban J connectivity index is 3.11. The number of hydrogen-bond donors (Lipinski definition) is 2. The third-order valence-corrected chi connectivity index (χ3v) is 2.75. The standard InChI is InChI=1S/C8H7N3O5S/c9-3-4-17(15,16)10-7-5-6(11(13)14)1-2-8(7)12/h1-2,5,10,12H,4H2. The molecular formula is C8H7N3O5S. The number of phenolic OH excluding ortho intramolecular Hbond substituents is 1. The number of nitrogens with zero attached hydrogens (tertiary/aromatic N) is 2. The molecule has 0 fully saturated rings. The number of nitriles is 1. The molecule has 0 aliphatic heterocycles. The van der Waals surface area contributed by atoms with E-state index in [0.717, 1.165) is 18.2 Å². The molecule has 0 saturated heterocycles. The number of sulfonamides is 1. The van der Waals surface area contributed by atoms with Crippen molar-refractivity contribution in [3.63, 3.8) is 0 Å². The van der Waals surface area contributed by atoms with Gasteiger partial charge in [0, 0.05) is 12.1 Å². The van der Waals surface area contributed by atoms with Crippen LogP contribution in [0.4, 0.5) is 11.4 Å². The minimum atomic E-state index is -3.94. The lowest BCUT2D eigenvalue weighted by atomic mass is 10.2. The summed E-state index contributed by atoms with van der Waals surface area (Å²) in [5, 5.41) is 28.0. The fourth-order valence-electron chi connectivity index (χ4n) is 1.01. The zero-order valence-corrected chi connectivity index (χ0v) is 9.14. The molecule has 2 N–H and O–H groups in total. The largest absolute Gasteiger partial charge is 0.506 e. The molecule has 0 atom stereocenters. The maximum atomic E-state index is 11.2. The van der Waals surface area contributed by atoms with E-state index in [2.05, 4.69) is 0 Å². The molecule has 0 unspecified atom stereocenters. The van der Waals surface area contributed by atoms with Crippen LogP contribution in [0.15, 0.2) is 18.2 Å². The van der Waals surface area contributed by atoms with Crippen molar-refractivity contribution in [3.8, 4) is 11.8 Å². The summed E-state index contributed by atoms with van der Waals surface area (Å²) >= 11 is 0. The zero-order chi connectivity index (χ0) is 13.1. The predicted molar refractivity (Wildman–Crippen MR) is 57.8 cm³/mol. The van der Waals surface area contributed by atoms with Crippen molar-refractivity contribution in [1.29, 1.82) is 5.26 Å². The lowest BCUT2D eigenvalue weighted by Crippen LogP contribution is -2.15. The van der Waals surface area contributed by atoms with Crippen molar-refractivity contribution in [3.05, 3.63) is 28.3 Å². The van der Waals surface area contributed by atoms with Crippen LogP contribution in [0, 0.1) is 21.4 Å². The monoisotopic (exact) mass is 257 g/mol. The molecule has 0 aromatic heterocycles. The third kappa shape index (κ3) is 3.32. The van der Waals surface area contributed by atoms with Crippen LogP contribution in [0.1, 0.15) is 0 Å². The number of nitrogens with one attached hydrogen (secondary N) is 1. The van der Waals surface area contributed by atoms with Gasteiger partial charge in [0.1, 0.15) is 5.75 Å². The molecular weight excluding hydrogens is 250 g/mol. The molecule has 0 aliphatic rings. The molecule has 9 heteroatoms. The average Bonchev–Trinajstić information content (AvgIpc) is 2.20. The third-order valence-electron chi connectivity index (χ3n) is 1.71. The van der Waals surface area contributed by atoms with E-state index in [-0.39, 0.29) is 11.4 Å². The Morgan fingerprint density at radius 2 is 2.18 bits per heavy atom. The van der Waals surface area contributed by atoms with Gasteiger partial charge in [-0.1, -0.05) is 0 Å². The molecule has 0 radical (unpaired) electrons. The van der Waals surface area contributed by atoms with Crippen LogP contribution in [-0.4, -0.2) is 24.2 Å². The highest BCUT2D eigenvalue weighted by Gasteiger charge is 2.15. The molecule has 17 heavy (non-hydrogen) atoms. The Bertz CT molecular complexity index is 590. The molecule has 0 heterocycles. The Morgan fingerprint density at radius 1 is 1.53 bits per heavy atom. The molecule has 0 spiro atoms. The SMILES string of the molecule is N#CCS(=O)(=O)Nc1cc([N+](=O)[O-])ccc1O. The van der Waals surface area contributed by atoms with E-state index in [0.29, 0.717) is 0 Å². The van der Waals surface area contributed by atoms with Crippen LogP contribution in [-0.2, 0) is 10.0 Å². The Hall–Kier alpha value is -2.34. The van der Waals surface area contributed by atoms with E-state index < -0.39 is 26.4 Å². The fourth-order valence-corrected chi connectivity index (χ4v) is 1.75. The summed E-state index contributed by atoms with van der Waals surface area (Å²) in [5.41, 5.74) is -0.716. The summed E-state index contributed by atoms with van der Waals surface area (Å²) < 4.78 is 24.3. The van der Waals surface area contributed by atoms with Crippen LogP contribution in [0.25, 0.3) is 0 Å². The van der Waals surface area contributed by atoms with E-state index >= 15 is 0 Å². The van der Waals surface area contributed by atoms with Crippen LogP contribution in [0.3, 0.4) is 0 Å². The van der Waals surface area contributed by atoms with Gasteiger partial charge in [-0.25, -0.2) is 8.42 Å². The fraction of sp³-hybridized carbons (Fsp3) is 0.125. The molecule has 0 aliphatic carbocycles. The normalized spacial score (nSPS) is 10.5. The quantitative estimate of drug-likeness (QED) is 0.460. The average molecular weight is 257 g/mol. The van der Waals surface area contributed by atoms with Crippen molar-refractivity contribution in [2.75, 3.05) is 10.5 Å². The van der Waals surface area contributed by atoms with Gasteiger partial charge in [0.15, 0.2) is 5.75 Å². The topological polar surface area (TPSA) is 133 Å². The number of nitro groups is 1. The number of nitro benzene ring substituents is 1. The van der Waals surface area contributed by atoms with E-state index in [4.69, 9.17) is 5.26 Å². The van der Waals surface area contributed by atoms with E-state index in [1.165, 1.54) is 6.07 Å². The summed E-state index contributed by atoms with van der Waals surface area (Å²) in [6.07, 6.45) is 0. The number of anilines is 1. The minimum absolute atomic E-state index is 0.338. The maximum Gasteiger partial charge on any atom is 0.271 e. The summed E-state index contributed by atoms with van der Waals surface area (Å²) in [6.45, 7) is 0. The first-order valence-corrected chi connectivity index (χ1v) is 5.86. The molecule has 8 nitrogen and oxygen atoms in total. The predicted octanol–water partition coefficient (Wildman–Crippen LogP) is 0.566. The molecule has 0 amide bonds. The molecule has 1 aromatic rings. The van der Waals surface area contributed by atoms with Crippen molar-refractivity contribution >= 4 is 21.4 Å². The lowest BCUT2D eigenvalue weighted by molar-refractivity contribution is -0.384. The molecule has 1 aromatic carbocycles. The number of non-ortho nitro benzene ring substituents is 1. The van der Waals surface area contributed by atoms with Crippen molar-refractivity contribution in [2.24, 2.45) is 0 Å². The summed E-state index contributed by atoms with van der Waals surface area (Å²) in [6, 6.07) is 4.30. The number of benzene rings is 1. The molecule has 1 rings (SSSR count). The maximum absolute atomic E-state index is 11.2. The van der Waals surface area contributed by atoms with Gasteiger partial charge in [-0.05, 0) is 6.07 Å². The molecule has 90 valence electrons. The smallest absolute Gasteiger partial charge is 0.271 e. The van der Waals surface area contributed by atoms with Crippen LogP contribution < -0.4 is 4.72 Å². The Morgan fingerprint density at radius 3 is 2.71 bits per heavy atom. The summed E-state index contributed by atoms with van der Waals surface area (Å²) in [7, 11) is -3.94. The van der Waals surface area contributed by atoms with Gasteiger partial charge in [0.05, 0.1) is 16.7 Å². The first kappa shape index (κ1) is 12.7. The van der Waals surface area contributed by atoms with E-state index in [9.17, 15) is 23.6 Å². The number of rotatable bonds is 4. The van der Waals surface area contributed by atoms with Gasteiger partial charge < -0.3 is 5.11 Å². The highest BCUT2D eigenvalue weighted by atomic mass is 32.2. The van der Waals surface area contributed by atoms with Crippen LogP contribution >= 0.6 is 0 Å². The van der Waals surface area contributed by atoms with E-state index in [1.807, 2.05) is 4.72 Å². The second kappa shape index (κ2) is 4.67. The van der Waals surface area contributed by atoms with Crippen molar-refractivity contribution < 1.29 is 18.4 Å². The summed E-state index contributed by atoms with van der Waals surface area (Å²) in [4.78, 5) is 9.72. The zero-order valence-electron chi connectivity index (χ0n) is 8.32. The second-order valence-corrected chi connectivity index (χ2v) is 4.70. The molecule has 0 bridgehead atoms. The van der Waals surface area contributed by atoms with Crippen LogP contribution in [0.5, 0.6) is 5.75 Å². The van der Waals surface area contributed by atoms with E-state index in [1.54, 1.807) is 0 Å². The second-order valence-electron chi connectivity index (χ2n) is 2.98.